The lowest BCUT2D eigenvalue weighted by Crippen LogP contribution is -2.23. The van der Waals surface area contributed by atoms with Crippen LogP contribution in [-0.2, 0) is 6.54 Å². The molecular formula is C20H21N3O. The molecule has 0 atom stereocenters. The molecule has 3 aromatic rings. The average Bonchev–Trinajstić information content (AvgIpc) is 3.11. The Morgan fingerprint density at radius 1 is 1.04 bits per heavy atom. The van der Waals surface area contributed by atoms with E-state index in [-0.39, 0.29) is 5.91 Å². The second-order valence-electron chi connectivity index (χ2n) is 6.07. The van der Waals surface area contributed by atoms with Crippen molar-refractivity contribution in [3.05, 3.63) is 82.9 Å². The number of hydrogen-bond acceptors (Lipinski definition) is 2. The molecule has 0 aliphatic rings. The van der Waals surface area contributed by atoms with Crippen molar-refractivity contribution < 1.29 is 4.79 Å². The summed E-state index contributed by atoms with van der Waals surface area (Å²) in [5.74, 6) is -0.0331. The van der Waals surface area contributed by atoms with Crippen LogP contribution in [-0.4, -0.2) is 15.5 Å². The van der Waals surface area contributed by atoms with E-state index >= 15 is 0 Å². The van der Waals surface area contributed by atoms with Gasteiger partial charge in [0.05, 0.1) is 6.33 Å². The molecule has 1 N–H and O–H groups in total. The fraction of sp³-hybridized carbons (Fsp3) is 0.200. The lowest BCUT2D eigenvalue weighted by molar-refractivity contribution is 0.0950. The van der Waals surface area contributed by atoms with E-state index in [0.29, 0.717) is 6.54 Å². The first-order valence-electron chi connectivity index (χ1n) is 7.98. The second kappa shape index (κ2) is 6.71. The van der Waals surface area contributed by atoms with Crippen molar-refractivity contribution in [2.24, 2.45) is 0 Å². The number of aryl methyl sites for hydroxylation is 3. The molecule has 0 radical (unpaired) electrons. The Morgan fingerprint density at radius 2 is 1.75 bits per heavy atom. The van der Waals surface area contributed by atoms with Gasteiger partial charge in [-0.3, -0.25) is 4.79 Å². The van der Waals surface area contributed by atoms with E-state index in [2.05, 4.69) is 23.3 Å². The van der Waals surface area contributed by atoms with Crippen molar-refractivity contribution in [3.63, 3.8) is 0 Å². The number of amides is 1. The number of hydrogen-bond donors (Lipinski definition) is 1. The maximum absolute atomic E-state index is 12.4. The van der Waals surface area contributed by atoms with Crippen molar-refractivity contribution in [2.75, 3.05) is 0 Å². The van der Waals surface area contributed by atoms with Crippen LogP contribution < -0.4 is 5.32 Å². The number of carbonyl (C=O) groups excluding carboxylic acids is 1. The van der Waals surface area contributed by atoms with Crippen molar-refractivity contribution >= 4 is 5.91 Å². The fourth-order valence-corrected chi connectivity index (χ4v) is 2.68. The molecule has 1 heterocycles. The van der Waals surface area contributed by atoms with Gasteiger partial charge >= 0.3 is 0 Å². The highest BCUT2D eigenvalue weighted by molar-refractivity contribution is 5.95. The van der Waals surface area contributed by atoms with Gasteiger partial charge in [0.15, 0.2) is 0 Å². The van der Waals surface area contributed by atoms with E-state index in [1.54, 1.807) is 12.5 Å². The topological polar surface area (TPSA) is 46.9 Å². The molecule has 2 aromatic carbocycles. The highest BCUT2D eigenvalue weighted by atomic mass is 16.1. The normalized spacial score (nSPS) is 10.6. The number of aromatic nitrogens is 2. The highest BCUT2D eigenvalue weighted by Crippen LogP contribution is 2.15. The Hall–Kier alpha value is -2.88. The number of nitrogens with zero attached hydrogens (tertiary/aromatic N) is 2. The lowest BCUT2D eigenvalue weighted by atomic mass is 10.0. The van der Waals surface area contributed by atoms with Gasteiger partial charge in [0.2, 0.25) is 0 Å². The predicted octanol–water partition coefficient (Wildman–Crippen LogP) is 3.73. The fourth-order valence-electron chi connectivity index (χ4n) is 2.68. The van der Waals surface area contributed by atoms with Gasteiger partial charge in [0, 0.05) is 30.2 Å². The Bertz CT molecular complexity index is 849. The predicted molar refractivity (Wildman–Crippen MR) is 95.4 cm³/mol. The summed E-state index contributed by atoms with van der Waals surface area (Å²) in [6.45, 7) is 6.57. The van der Waals surface area contributed by atoms with Gasteiger partial charge in [-0.05, 0) is 61.2 Å². The number of carbonyl (C=O) groups is 1. The van der Waals surface area contributed by atoms with E-state index in [1.807, 2.05) is 54.9 Å². The molecule has 0 aliphatic carbocycles. The molecule has 0 bridgehead atoms. The summed E-state index contributed by atoms with van der Waals surface area (Å²) in [6.07, 6.45) is 5.42. The van der Waals surface area contributed by atoms with E-state index in [1.165, 1.54) is 5.56 Å². The van der Waals surface area contributed by atoms with Crippen LogP contribution in [0.5, 0.6) is 0 Å². The zero-order valence-corrected chi connectivity index (χ0v) is 14.2. The van der Waals surface area contributed by atoms with Crippen LogP contribution in [0.2, 0.25) is 0 Å². The summed E-state index contributed by atoms with van der Waals surface area (Å²) in [5.41, 5.74) is 6.20. The minimum Gasteiger partial charge on any atom is -0.348 e. The standard InChI is InChI=1S/C20H21N3O/c1-14-10-16(3)19(11-15(14)2)20(24)22-12-17-4-6-18(7-5-17)23-9-8-21-13-23/h4-11,13H,12H2,1-3H3,(H,22,24). The van der Waals surface area contributed by atoms with E-state index in [0.717, 1.165) is 27.9 Å². The summed E-state index contributed by atoms with van der Waals surface area (Å²) in [4.78, 5) is 16.5. The third-order valence-electron chi connectivity index (χ3n) is 4.28. The van der Waals surface area contributed by atoms with Crippen LogP contribution >= 0.6 is 0 Å². The molecular weight excluding hydrogens is 298 g/mol. The quantitative estimate of drug-likeness (QED) is 0.796. The molecule has 122 valence electrons. The van der Waals surface area contributed by atoms with Crippen molar-refractivity contribution in [3.8, 4) is 5.69 Å². The first-order chi connectivity index (χ1) is 11.5. The Balaban J connectivity index is 1.67. The summed E-state index contributed by atoms with van der Waals surface area (Å²) in [7, 11) is 0. The van der Waals surface area contributed by atoms with Gasteiger partial charge in [-0.2, -0.15) is 0 Å². The lowest BCUT2D eigenvalue weighted by Gasteiger charge is -2.11. The first-order valence-corrected chi connectivity index (χ1v) is 7.98. The van der Waals surface area contributed by atoms with Gasteiger partial charge in [-0.15, -0.1) is 0 Å². The van der Waals surface area contributed by atoms with Crippen molar-refractivity contribution in [2.45, 2.75) is 27.3 Å². The summed E-state index contributed by atoms with van der Waals surface area (Å²) >= 11 is 0. The summed E-state index contributed by atoms with van der Waals surface area (Å²) in [6, 6.07) is 12.1. The average molecular weight is 319 g/mol. The molecule has 1 amide bonds. The Labute approximate surface area is 142 Å². The minimum absolute atomic E-state index is 0.0331. The summed E-state index contributed by atoms with van der Waals surface area (Å²) in [5, 5.41) is 3.00. The highest BCUT2D eigenvalue weighted by Gasteiger charge is 2.10. The first kappa shape index (κ1) is 16.0. The zero-order chi connectivity index (χ0) is 17.1. The molecule has 4 nitrogen and oxygen atoms in total. The zero-order valence-electron chi connectivity index (χ0n) is 14.2. The number of rotatable bonds is 4. The van der Waals surface area contributed by atoms with E-state index in [9.17, 15) is 4.79 Å². The maximum Gasteiger partial charge on any atom is 0.251 e. The van der Waals surface area contributed by atoms with E-state index in [4.69, 9.17) is 0 Å². The monoisotopic (exact) mass is 319 g/mol. The van der Waals surface area contributed by atoms with Gasteiger partial charge in [-0.25, -0.2) is 4.98 Å². The van der Waals surface area contributed by atoms with Crippen molar-refractivity contribution in [1.82, 2.24) is 14.9 Å². The van der Waals surface area contributed by atoms with Gasteiger partial charge < -0.3 is 9.88 Å². The molecule has 3 rings (SSSR count). The molecule has 0 spiro atoms. The van der Waals surface area contributed by atoms with Crippen LogP contribution in [0.4, 0.5) is 0 Å². The van der Waals surface area contributed by atoms with Crippen molar-refractivity contribution in [1.29, 1.82) is 0 Å². The largest absolute Gasteiger partial charge is 0.348 e. The minimum atomic E-state index is -0.0331. The molecule has 1 aromatic heterocycles. The van der Waals surface area contributed by atoms with Gasteiger partial charge in [0.1, 0.15) is 0 Å². The third kappa shape index (κ3) is 3.38. The molecule has 0 saturated carbocycles. The molecule has 0 saturated heterocycles. The molecule has 0 aliphatic heterocycles. The molecule has 4 heteroatoms. The second-order valence-corrected chi connectivity index (χ2v) is 6.07. The molecule has 0 fully saturated rings. The van der Waals surface area contributed by atoms with Crippen LogP contribution in [0.1, 0.15) is 32.6 Å². The van der Waals surface area contributed by atoms with Crippen LogP contribution in [0.15, 0.2) is 55.1 Å². The van der Waals surface area contributed by atoms with Gasteiger partial charge in [-0.1, -0.05) is 18.2 Å². The van der Waals surface area contributed by atoms with Crippen LogP contribution in [0.3, 0.4) is 0 Å². The number of imidazole rings is 1. The molecule has 0 unspecified atom stereocenters. The smallest absolute Gasteiger partial charge is 0.251 e. The SMILES string of the molecule is Cc1cc(C)c(C(=O)NCc2ccc(-n3ccnc3)cc2)cc1C. The third-order valence-corrected chi connectivity index (χ3v) is 4.28. The number of benzene rings is 2. The van der Waals surface area contributed by atoms with E-state index < -0.39 is 0 Å². The molecule has 24 heavy (non-hydrogen) atoms. The van der Waals surface area contributed by atoms with Gasteiger partial charge in [0.25, 0.3) is 5.91 Å². The Morgan fingerprint density at radius 3 is 2.42 bits per heavy atom. The summed E-state index contributed by atoms with van der Waals surface area (Å²) < 4.78 is 1.95. The van der Waals surface area contributed by atoms with Crippen LogP contribution in [0, 0.1) is 20.8 Å². The maximum atomic E-state index is 12.4. The Kier molecular flexibility index (Phi) is 4.47. The van der Waals surface area contributed by atoms with Crippen LogP contribution in [0.25, 0.3) is 5.69 Å². The number of nitrogens with one attached hydrogen (secondary N) is 1.